The van der Waals surface area contributed by atoms with Crippen LogP contribution >= 0.6 is 11.6 Å². The monoisotopic (exact) mass is 290 g/mol. The van der Waals surface area contributed by atoms with Crippen molar-refractivity contribution in [2.45, 2.75) is 0 Å². The summed E-state index contributed by atoms with van der Waals surface area (Å²) >= 11 is 5.83. The molecule has 0 atom stereocenters. The topological polar surface area (TPSA) is 119 Å². The molecule has 0 aliphatic heterocycles. The predicted molar refractivity (Wildman–Crippen MR) is 69.7 cm³/mol. The van der Waals surface area contributed by atoms with Crippen LogP contribution in [0.1, 0.15) is 26.5 Å². The molecule has 0 spiro atoms. The minimum atomic E-state index is -1.29. The van der Waals surface area contributed by atoms with Gasteiger partial charge in [0.15, 0.2) is 11.4 Å². The van der Waals surface area contributed by atoms with Crippen LogP contribution < -0.4 is 5.32 Å². The Hall–Kier alpha value is -2.85. The first-order chi connectivity index (χ1) is 9.52. The zero-order valence-electron chi connectivity index (χ0n) is 9.85. The van der Waals surface area contributed by atoms with E-state index in [-0.39, 0.29) is 22.0 Å². The van der Waals surface area contributed by atoms with Gasteiger partial charge in [0.25, 0.3) is 5.91 Å². The Morgan fingerprint density at radius 2 is 2.20 bits per heavy atom. The molecule has 0 saturated heterocycles. The summed E-state index contributed by atoms with van der Waals surface area (Å²) in [6.45, 7) is 0. The molecular formula is C12H7ClN4O3. The fourth-order valence-corrected chi connectivity index (χ4v) is 1.73. The highest BCUT2D eigenvalue weighted by molar-refractivity contribution is 6.32. The van der Waals surface area contributed by atoms with Crippen LogP contribution in [0.3, 0.4) is 0 Å². The van der Waals surface area contributed by atoms with Crippen molar-refractivity contribution in [1.29, 1.82) is 5.26 Å². The van der Waals surface area contributed by atoms with E-state index in [1.165, 1.54) is 18.2 Å². The molecule has 7 nitrogen and oxygen atoms in total. The summed E-state index contributed by atoms with van der Waals surface area (Å²) < 4.78 is 0. The second-order valence-electron chi connectivity index (χ2n) is 3.69. The molecule has 0 unspecified atom stereocenters. The molecule has 3 N–H and O–H groups in total. The molecule has 100 valence electrons. The number of hydrogen-bond acceptors (Lipinski definition) is 4. The molecule has 2 rings (SSSR count). The average molecular weight is 291 g/mol. The summed E-state index contributed by atoms with van der Waals surface area (Å²) in [5.41, 5.74) is 0.0641. The molecule has 0 aliphatic carbocycles. The number of carboxylic acids is 1. The summed E-state index contributed by atoms with van der Waals surface area (Å²) in [4.78, 5) is 28.8. The number of nitriles is 1. The van der Waals surface area contributed by atoms with E-state index in [2.05, 4.69) is 15.3 Å². The molecule has 0 fully saturated rings. The Morgan fingerprint density at radius 3 is 2.80 bits per heavy atom. The van der Waals surface area contributed by atoms with E-state index in [0.717, 1.165) is 6.33 Å². The van der Waals surface area contributed by atoms with Gasteiger partial charge in [-0.1, -0.05) is 11.6 Å². The van der Waals surface area contributed by atoms with Gasteiger partial charge < -0.3 is 15.4 Å². The van der Waals surface area contributed by atoms with Gasteiger partial charge in [-0.15, -0.1) is 0 Å². The van der Waals surface area contributed by atoms with Gasteiger partial charge in [0, 0.05) is 5.69 Å². The number of hydrogen-bond donors (Lipinski definition) is 3. The van der Waals surface area contributed by atoms with Gasteiger partial charge in [-0.05, 0) is 18.2 Å². The molecule has 0 saturated carbocycles. The second-order valence-corrected chi connectivity index (χ2v) is 4.10. The van der Waals surface area contributed by atoms with Crippen molar-refractivity contribution in [3.05, 3.63) is 46.5 Å². The van der Waals surface area contributed by atoms with Crippen LogP contribution in [0.5, 0.6) is 0 Å². The molecule has 1 aromatic carbocycles. The summed E-state index contributed by atoms with van der Waals surface area (Å²) in [6.07, 6.45) is 1.12. The molecule has 0 aliphatic rings. The third kappa shape index (κ3) is 2.60. The summed E-state index contributed by atoms with van der Waals surface area (Å²) in [5, 5.41) is 20.3. The van der Waals surface area contributed by atoms with Crippen molar-refractivity contribution in [2.75, 3.05) is 5.32 Å². The lowest BCUT2D eigenvalue weighted by molar-refractivity contribution is 0.0686. The first kappa shape index (κ1) is 13.6. The van der Waals surface area contributed by atoms with E-state index in [1.807, 2.05) is 6.07 Å². The first-order valence-corrected chi connectivity index (χ1v) is 5.68. The zero-order valence-corrected chi connectivity index (χ0v) is 10.6. The number of carbonyl (C=O) groups excluding carboxylic acids is 1. The van der Waals surface area contributed by atoms with Crippen molar-refractivity contribution in [3.8, 4) is 6.07 Å². The van der Waals surface area contributed by atoms with E-state index in [1.54, 1.807) is 0 Å². The standard InChI is InChI=1S/C12H7ClN4O3/c13-8-3-7(2-1-6(8)4-14)17-11(18)9-10(12(19)20)16-5-15-9/h1-3,5H,(H,15,16)(H,17,18)(H,19,20). The molecule has 0 bridgehead atoms. The van der Waals surface area contributed by atoms with Crippen LogP contribution in [0.2, 0.25) is 5.02 Å². The fourth-order valence-electron chi connectivity index (χ4n) is 1.50. The number of rotatable bonds is 3. The van der Waals surface area contributed by atoms with Crippen LogP contribution in [0.15, 0.2) is 24.5 Å². The minimum Gasteiger partial charge on any atom is -0.477 e. The fraction of sp³-hybridized carbons (Fsp3) is 0. The number of halogens is 1. The summed E-state index contributed by atoms with van der Waals surface area (Å²) in [5.74, 6) is -1.98. The van der Waals surface area contributed by atoms with E-state index in [9.17, 15) is 9.59 Å². The van der Waals surface area contributed by atoms with E-state index in [4.69, 9.17) is 22.0 Å². The van der Waals surface area contributed by atoms with Crippen LogP contribution in [0.25, 0.3) is 0 Å². The highest BCUT2D eigenvalue weighted by atomic mass is 35.5. The average Bonchev–Trinajstić information content (AvgIpc) is 2.88. The number of imidazole rings is 1. The smallest absolute Gasteiger partial charge is 0.354 e. The minimum absolute atomic E-state index is 0.186. The number of aromatic nitrogens is 2. The molecule has 1 amide bonds. The van der Waals surface area contributed by atoms with Crippen LogP contribution in [-0.4, -0.2) is 27.0 Å². The van der Waals surface area contributed by atoms with Gasteiger partial charge in [0.05, 0.1) is 16.9 Å². The molecule has 0 radical (unpaired) electrons. The Labute approximate surface area is 117 Å². The Balaban J connectivity index is 2.24. The molecule has 1 aromatic heterocycles. The number of carboxylic acid groups (broad SMARTS) is 1. The maximum absolute atomic E-state index is 11.9. The van der Waals surface area contributed by atoms with Gasteiger partial charge in [0.1, 0.15) is 6.07 Å². The van der Waals surface area contributed by atoms with E-state index >= 15 is 0 Å². The third-order valence-corrected chi connectivity index (χ3v) is 2.73. The quantitative estimate of drug-likeness (QED) is 0.797. The number of carbonyl (C=O) groups is 2. The van der Waals surface area contributed by atoms with Crippen LogP contribution in [-0.2, 0) is 0 Å². The van der Waals surface area contributed by atoms with Gasteiger partial charge in [-0.25, -0.2) is 9.78 Å². The maximum atomic E-state index is 11.9. The van der Waals surface area contributed by atoms with Crippen molar-refractivity contribution < 1.29 is 14.7 Å². The zero-order chi connectivity index (χ0) is 14.7. The molecule has 1 heterocycles. The summed E-state index contributed by atoms with van der Waals surface area (Å²) in [7, 11) is 0. The number of anilines is 1. The van der Waals surface area contributed by atoms with Crippen molar-refractivity contribution in [3.63, 3.8) is 0 Å². The Kier molecular flexibility index (Phi) is 3.68. The molecule has 2 aromatic rings. The number of aromatic carboxylic acids is 1. The van der Waals surface area contributed by atoms with E-state index in [0.29, 0.717) is 5.69 Å². The second kappa shape index (κ2) is 5.42. The van der Waals surface area contributed by atoms with Crippen molar-refractivity contribution in [2.24, 2.45) is 0 Å². The number of aromatic amines is 1. The third-order valence-electron chi connectivity index (χ3n) is 2.42. The molecule has 8 heteroatoms. The van der Waals surface area contributed by atoms with Gasteiger partial charge in [-0.3, -0.25) is 4.79 Å². The van der Waals surface area contributed by atoms with E-state index < -0.39 is 11.9 Å². The maximum Gasteiger partial charge on any atom is 0.354 e. The highest BCUT2D eigenvalue weighted by Gasteiger charge is 2.19. The first-order valence-electron chi connectivity index (χ1n) is 5.30. The number of benzene rings is 1. The van der Waals surface area contributed by atoms with Crippen LogP contribution in [0.4, 0.5) is 5.69 Å². The van der Waals surface area contributed by atoms with Gasteiger partial charge in [0.2, 0.25) is 0 Å². The highest BCUT2D eigenvalue weighted by Crippen LogP contribution is 2.20. The van der Waals surface area contributed by atoms with Crippen molar-refractivity contribution >= 4 is 29.2 Å². The normalized spacial score (nSPS) is 9.80. The van der Waals surface area contributed by atoms with Gasteiger partial charge in [-0.2, -0.15) is 5.26 Å². The lowest BCUT2D eigenvalue weighted by Crippen LogP contribution is -2.16. The Bertz CT molecular complexity index is 733. The lowest BCUT2D eigenvalue weighted by Gasteiger charge is -2.05. The largest absolute Gasteiger partial charge is 0.477 e. The van der Waals surface area contributed by atoms with Crippen LogP contribution in [0, 0.1) is 11.3 Å². The number of nitrogens with one attached hydrogen (secondary N) is 2. The number of nitrogens with zero attached hydrogens (tertiary/aromatic N) is 2. The number of amides is 1. The SMILES string of the molecule is N#Cc1ccc(NC(=O)c2nc[nH]c2C(=O)O)cc1Cl. The molecule has 20 heavy (non-hydrogen) atoms. The predicted octanol–water partition coefficient (Wildman–Crippen LogP) is 1.89. The lowest BCUT2D eigenvalue weighted by atomic mass is 10.2. The number of H-pyrrole nitrogens is 1. The summed E-state index contributed by atoms with van der Waals surface area (Å²) in [6, 6.07) is 6.21. The van der Waals surface area contributed by atoms with Gasteiger partial charge >= 0.3 is 5.97 Å². The Morgan fingerprint density at radius 1 is 1.45 bits per heavy atom. The van der Waals surface area contributed by atoms with Crippen molar-refractivity contribution in [1.82, 2.24) is 9.97 Å². The molecular weight excluding hydrogens is 284 g/mol.